The first-order valence-corrected chi connectivity index (χ1v) is 8.48. The molecule has 0 aromatic carbocycles. The van der Waals surface area contributed by atoms with Crippen molar-refractivity contribution in [2.24, 2.45) is 17.8 Å². The summed E-state index contributed by atoms with van der Waals surface area (Å²) in [5.41, 5.74) is 0. The lowest BCUT2D eigenvalue weighted by atomic mass is 9.77. The van der Waals surface area contributed by atoms with Gasteiger partial charge in [0.15, 0.2) is 0 Å². The fraction of sp³-hybridized carbons (Fsp3) is 1.00. The third kappa shape index (κ3) is 4.19. The van der Waals surface area contributed by atoms with E-state index in [2.05, 4.69) is 25.8 Å². The van der Waals surface area contributed by atoms with Crippen LogP contribution in [0, 0.1) is 17.8 Å². The second-order valence-electron chi connectivity index (χ2n) is 7.28. The lowest BCUT2D eigenvalue weighted by molar-refractivity contribution is 0.0187. The Bertz CT molecular complexity index is 268. The molecule has 0 heterocycles. The van der Waals surface area contributed by atoms with Crippen LogP contribution in [0.2, 0.25) is 0 Å². The van der Waals surface area contributed by atoms with Gasteiger partial charge in [-0.3, -0.25) is 0 Å². The van der Waals surface area contributed by atoms with Crippen molar-refractivity contribution in [3.63, 3.8) is 0 Å². The second kappa shape index (κ2) is 7.08. The van der Waals surface area contributed by atoms with Crippen molar-refractivity contribution in [2.45, 2.75) is 77.4 Å². The Kier molecular flexibility index (Phi) is 5.70. The second-order valence-corrected chi connectivity index (χ2v) is 7.28. The molecule has 5 unspecified atom stereocenters. The summed E-state index contributed by atoms with van der Waals surface area (Å²) < 4.78 is 0. The summed E-state index contributed by atoms with van der Waals surface area (Å²) in [5.74, 6) is 2.26. The molecule has 19 heavy (non-hydrogen) atoms. The van der Waals surface area contributed by atoms with Gasteiger partial charge in [-0.05, 0) is 56.9 Å². The van der Waals surface area contributed by atoms with Crippen LogP contribution in [0.15, 0.2) is 0 Å². The average Bonchev–Trinajstić information content (AvgIpc) is 2.41. The van der Waals surface area contributed by atoms with Crippen LogP contribution in [0.1, 0.15) is 65.2 Å². The van der Waals surface area contributed by atoms with Crippen molar-refractivity contribution >= 4 is 0 Å². The van der Waals surface area contributed by atoms with Crippen molar-refractivity contribution in [1.82, 2.24) is 4.90 Å². The van der Waals surface area contributed by atoms with Gasteiger partial charge in [-0.2, -0.15) is 0 Å². The van der Waals surface area contributed by atoms with Gasteiger partial charge >= 0.3 is 0 Å². The summed E-state index contributed by atoms with van der Waals surface area (Å²) in [4.78, 5) is 2.56. The molecule has 0 aromatic heterocycles. The summed E-state index contributed by atoms with van der Waals surface area (Å²) in [6, 6.07) is 0.762. The van der Waals surface area contributed by atoms with Crippen LogP contribution in [-0.4, -0.2) is 35.7 Å². The molecule has 1 N–H and O–H groups in total. The molecular formula is C17H33NO. The molecule has 0 amide bonds. The number of aliphatic hydroxyl groups is 1. The molecule has 0 radical (unpaired) electrons. The Labute approximate surface area is 119 Å². The van der Waals surface area contributed by atoms with Gasteiger partial charge in [-0.1, -0.05) is 33.1 Å². The van der Waals surface area contributed by atoms with Gasteiger partial charge in [-0.15, -0.1) is 0 Å². The van der Waals surface area contributed by atoms with Crippen molar-refractivity contribution in [3.05, 3.63) is 0 Å². The van der Waals surface area contributed by atoms with E-state index in [1.165, 1.54) is 44.9 Å². The molecular weight excluding hydrogens is 234 g/mol. The monoisotopic (exact) mass is 267 g/mol. The number of aliphatic hydroxyl groups excluding tert-OH is 1. The molecule has 2 fully saturated rings. The lowest BCUT2D eigenvalue weighted by Crippen LogP contribution is -2.43. The minimum absolute atomic E-state index is 0.0498. The third-order valence-electron chi connectivity index (χ3n) is 5.68. The quantitative estimate of drug-likeness (QED) is 0.840. The summed E-state index contributed by atoms with van der Waals surface area (Å²) in [7, 11) is 2.28. The van der Waals surface area contributed by atoms with Crippen molar-refractivity contribution in [1.29, 1.82) is 0 Å². The van der Waals surface area contributed by atoms with Crippen molar-refractivity contribution < 1.29 is 5.11 Å². The SMILES string of the molecule is CCC1CCC(O)C(CN(C)C2CCCC(C)C2)C1. The maximum Gasteiger partial charge on any atom is 0.0580 e. The Morgan fingerprint density at radius 1 is 1.11 bits per heavy atom. The zero-order valence-corrected chi connectivity index (χ0v) is 13.1. The highest BCUT2D eigenvalue weighted by atomic mass is 16.3. The molecule has 0 spiro atoms. The highest BCUT2D eigenvalue weighted by Crippen LogP contribution is 2.33. The fourth-order valence-corrected chi connectivity index (χ4v) is 4.23. The molecule has 0 aliphatic heterocycles. The van der Waals surface area contributed by atoms with Gasteiger partial charge in [0, 0.05) is 12.6 Å². The maximum absolute atomic E-state index is 10.3. The molecule has 2 aliphatic rings. The van der Waals surface area contributed by atoms with Crippen molar-refractivity contribution in [2.75, 3.05) is 13.6 Å². The molecule has 2 aliphatic carbocycles. The van der Waals surface area contributed by atoms with Crippen LogP contribution in [0.4, 0.5) is 0 Å². The van der Waals surface area contributed by atoms with E-state index in [0.29, 0.717) is 5.92 Å². The minimum atomic E-state index is -0.0498. The number of nitrogens with zero attached hydrogens (tertiary/aromatic N) is 1. The van der Waals surface area contributed by atoms with Crippen LogP contribution in [0.3, 0.4) is 0 Å². The first-order chi connectivity index (χ1) is 9.10. The van der Waals surface area contributed by atoms with Crippen LogP contribution in [0.25, 0.3) is 0 Å². The Morgan fingerprint density at radius 2 is 1.89 bits per heavy atom. The van der Waals surface area contributed by atoms with Gasteiger partial charge in [-0.25, -0.2) is 0 Å². The molecule has 2 nitrogen and oxygen atoms in total. The smallest absolute Gasteiger partial charge is 0.0580 e. The van der Waals surface area contributed by atoms with Gasteiger partial charge in [0.2, 0.25) is 0 Å². The molecule has 0 saturated heterocycles. The lowest BCUT2D eigenvalue weighted by Gasteiger charge is -2.40. The first-order valence-electron chi connectivity index (χ1n) is 8.48. The minimum Gasteiger partial charge on any atom is -0.393 e. The largest absolute Gasteiger partial charge is 0.393 e. The topological polar surface area (TPSA) is 23.5 Å². The zero-order valence-electron chi connectivity index (χ0n) is 13.1. The van der Waals surface area contributed by atoms with Crippen LogP contribution < -0.4 is 0 Å². The van der Waals surface area contributed by atoms with E-state index in [0.717, 1.165) is 30.8 Å². The first kappa shape index (κ1) is 15.3. The van der Waals surface area contributed by atoms with Gasteiger partial charge in [0.25, 0.3) is 0 Å². The molecule has 2 rings (SSSR count). The van der Waals surface area contributed by atoms with E-state index in [-0.39, 0.29) is 6.10 Å². The highest BCUT2D eigenvalue weighted by Gasteiger charge is 2.31. The number of hydrogen-bond donors (Lipinski definition) is 1. The summed E-state index contributed by atoms with van der Waals surface area (Å²) in [6.07, 6.45) is 10.3. The molecule has 2 heteroatoms. The van der Waals surface area contributed by atoms with Gasteiger partial charge in [0.05, 0.1) is 6.10 Å². The molecule has 112 valence electrons. The molecule has 0 aromatic rings. The van der Waals surface area contributed by atoms with Gasteiger partial charge in [0.1, 0.15) is 0 Å². The Balaban J connectivity index is 1.84. The summed E-state index contributed by atoms with van der Waals surface area (Å²) in [5, 5.41) is 10.3. The van der Waals surface area contributed by atoms with Gasteiger partial charge < -0.3 is 10.0 Å². The maximum atomic E-state index is 10.3. The predicted octanol–water partition coefficient (Wildman–Crippen LogP) is 3.68. The van der Waals surface area contributed by atoms with E-state index in [1.54, 1.807) is 0 Å². The summed E-state index contributed by atoms with van der Waals surface area (Å²) >= 11 is 0. The highest BCUT2D eigenvalue weighted by molar-refractivity contribution is 4.84. The fourth-order valence-electron chi connectivity index (χ4n) is 4.23. The van der Waals surface area contributed by atoms with Crippen molar-refractivity contribution in [3.8, 4) is 0 Å². The number of rotatable bonds is 4. The van der Waals surface area contributed by atoms with Crippen LogP contribution in [-0.2, 0) is 0 Å². The van der Waals surface area contributed by atoms with E-state index in [9.17, 15) is 5.11 Å². The van der Waals surface area contributed by atoms with E-state index >= 15 is 0 Å². The van der Waals surface area contributed by atoms with Crippen LogP contribution in [0.5, 0.6) is 0 Å². The Hall–Kier alpha value is -0.0800. The van der Waals surface area contributed by atoms with Crippen LogP contribution >= 0.6 is 0 Å². The Morgan fingerprint density at radius 3 is 2.58 bits per heavy atom. The predicted molar refractivity (Wildman–Crippen MR) is 81.2 cm³/mol. The zero-order chi connectivity index (χ0) is 13.8. The third-order valence-corrected chi connectivity index (χ3v) is 5.68. The average molecular weight is 267 g/mol. The van der Waals surface area contributed by atoms with E-state index < -0.39 is 0 Å². The molecule has 2 saturated carbocycles. The summed E-state index contributed by atoms with van der Waals surface area (Å²) in [6.45, 7) is 5.80. The molecule has 0 bridgehead atoms. The standard InChI is InChI=1S/C17H33NO/c1-4-14-8-9-17(19)15(11-14)12-18(3)16-7-5-6-13(2)10-16/h13-17,19H,4-12H2,1-3H3. The molecule has 5 atom stereocenters. The van der Waals surface area contributed by atoms with E-state index in [1.807, 2.05) is 0 Å². The number of hydrogen-bond acceptors (Lipinski definition) is 2. The normalized spacial score (nSPS) is 40.6. The van der Waals surface area contributed by atoms with E-state index in [4.69, 9.17) is 0 Å².